The molecule has 0 fully saturated rings. The van der Waals surface area contributed by atoms with E-state index in [1.807, 2.05) is 13.8 Å². The topological polar surface area (TPSA) is 98.0 Å². The van der Waals surface area contributed by atoms with Crippen LogP contribution < -0.4 is 4.80 Å². The summed E-state index contributed by atoms with van der Waals surface area (Å²) >= 11 is 0.847. The molecule has 12 heteroatoms. The molecule has 3 rings (SSSR count). The second kappa shape index (κ2) is 13.2. The van der Waals surface area contributed by atoms with Crippen LogP contribution in [0.2, 0.25) is 0 Å². The van der Waals surface area contributed by atoms with E-state index in [1.54, 1.807) is 6.92 Å². The third-order valence-corrected chi connectivity index (χ3v) is 8.68. The molecule has 1 amide bonds. The Kier molecular flexibility index (Phi) is 10.3. The lowest BCUT2D eigenvalue weighted by atomic mass is 10.2. The van der Waals surface area contributed by atoms with E-state index >= 15 is 0 Å². The molecule has 8 nitrogen and oxygen atoms in total. The summed E-state index contributed by atoms with van der Waals surface area (Å²) in [7, 11) is -3.74. The van der Waals surface area contributed by atoms with Crippen molar-refractivity contribution in [1.29, 1.82) is 0 Å². The summed E-state index contributed by atoms with van der Waals surface area (Å²) in [5.74, 6) is -3.11. The van der Waals surface area contributed by atoms with E-state index in [9.17, 15) is 26.8 Å². The first-order valence-electron chi connectivity index (χ1n) is 12.5. The van der Waals surface area contributed by atoms with Crippen LogP contribution in [0.25, 0.3) is 10.2 Å². The molecule has 0 aliphatic carbocycles. The average molecular weight is 568 g/mol. The van der Waals surface area contributed by atoms with Gasteiger partial charge in [0.25, 0.3) is 5.91 Å². The number of hydrogen-bond donors (Lipinski definition) is 0. The van der Waals surface area contributed by atoms with Gasteiger partial charge in [-0.2, -0.15) is 9.30 Å². The van der Waals surface area contributed by atoms with Gasteiger partial charge in [0.1, 0.15) is 12.4 Å². The Bertz CT molecular complexity index is 1460. The van der Waals surface area contributed by atoms with Crippen LogP contribution in [-0.2, 0) is 26.1 Å². The number of benzene rings is 2. The predicted octanol–water partition coefficient (Wildman–Crippen LogP) is 4.88. The number of fused-ring (bicyclic) bond motifs is 1. The van der Waals surface area contributed by atoms with Crippen molar-refractivity contribution in [3.63, 3.8) is 0 Å². The van der Waals surface area contributed by atoms with E-state index in [1.165, 1.54) is 33.1 Å². The summed E-state index contributed by atoms with van der Waals surface area (Å²) in [6, 6.07) is 7.22. The number of rotatable bonds is 12. The summed E-state index contributed by atoms with van der Waals surface area (Å²) in [6.07, 6.45) is 3.20. The summed E-state index contributed by atoms with van der Waals surface area (Å²) in [5, 5.41) is 0. The Morgan fingerprint density at radius 3 is 2.24 bits per heavy atom. The number of esters is 1. The van der Waals surface area contributed by atoms with Crippen LogP contribution >= 0.6 is 11.3 Å². The molecule has 0 bridgehead atoms. The molecule has 0 saturated heterocycles. The van der Waals surface area contributed by atoms with Crippen molar-refractivity contribution in [2.75, 3.05) is 19.7 Å². The third-order valence-electron chi connectivity index (χ3n) is 5.75. The van der Waals surface area contributed by atoms with Gasteiger partial charge in [0, 0.05) is 24.7 Å². The van der Waals surface area contributed by atoms with Crippen molar-refractivity contribution < 1.29 is 31.5 Å². The molecule has 0 unspecified atom stereocenters. The zero-order chi connectivity index (χ0) is 27.9. The standard InChI is InChI=1S/C26H31F2N3O5S2/c1-4-7-13-30(14-8-5-2)38(34,35)20-11-9-18(10-12-20)25(33)29-26-31(17-23(32)36-6-3)24-21(28)15-19(27)16-22(24)37-26/h9-12,15-16H,4-8,13-14,17H2,1-3H3. The molecule has 0 atom stereocenters. The molecule has 0 spiro atoms. The SMILES string of the molecule is CCCCN(CCCC)S(=O)(=O)c1ccc(C(=O)N=c2sc3cc(F)cc(F)c3n2CC(=O)OCC)cc1. The fraction of sp³-hybridized carbons (Fsp3) is 0.423. The fourth-order valence-corrected chi connectivity index (χ4v) is 6.37. The van der Waals surface area contributed by atoms with Crippen LogP contribution in [0.3, 0.4) is 0 Å². The van der Waals surface area contributed by atoms with Gasteiger partial charge >= 0.3 is 5.97 Å². The molecular weight excluding hydrogens is 536 g/mol. The van der Waals surface area contributed by atoms with E-state index in [-0.39, 0.29) is 32.1 Å². The maximum absolute atomic E-state index is 14.6. The smallest absolute Gasteiger partial charge is 0.326 e. The maximum Gasteiger partial charge on any atom is 0.326 e. The van der Waals surface area contributed by atoms with Crippen LogP contribution in [0, 0.1) is 11.6 Å². The summed E-state index contributed by atoms with van der Waals surface area (Å²) in [6.45, 7) is 6.12. The fourth-order valence-electron chi connectivity index (χ4n) is 3.79. The van der Waals surface area contributed by atoms with Gasteiger partial charge in [-0.15, -0.1) is 0 Å². The van der Waals surface area contributed by atoms with Gasteiger partial charge in [-0.1, -0.05) is 38.0 Å². The molecule has 0 saturated carbocycles. The largest absolute Gasteiger partial charge is 0.465 e. The normalized spacial score (nSPS) is 12.4. The number of carbonyl (C=O) groups is 2. The molecule has 3 aromatic rings. The molecule has 0 N–H and O–H groups in total. The lowest BCUT2D eigenvalue weighted by Gasteiger charge is -2.22. The Hall–Kier alpha value is -2.96. The molecule has 0 aliphatic heterocycles. The first kappa shape index (κ1) is 29.6. The Morgan fingerprint density at radius 2 is 1.66 bits per heavy atom. The summed E-state index contributed by atoms with van der Waals surface area (Å²) in [4.78, 5) is 29.2. The Balaban J connectivity index is 1.97. The molecule has 0 aliphatic rings. The summed E-state index contributed by atoms with van der Waals surface area (Å²) < 4.78 is 62.5. The quantitative estimate of drug-likeness (QED) is 0.291. The number of halogens is 2. The van der Waals surface area contributed by atoms with E-state index in [4.69, 9.17) is 4.74 Å². The van der Waals surface area contributed by atoms with Gasteiger partial charge in [-0.3, -0.25) is 9.59 Å². The van der Waals surface area contributed by atoms with Crippen LogP contribution in [0.1, 0.15) is 56.8 Å². The first-order valence-corrected chi connectivity index (χ1v) is 14.7. The number of nitrogens with zero attached hydrogens (tertiary/aromatic N) is 3. The van der Waals surface area contributed by atoms with Crippen molar-refractivity contribution in [1.82, 2.24) is 8.87 Å². The van der Waals surface area contributed by atoms with Gasteiger partial charge in [0.05, 0.1) is 21.7 Å². The van der Waals surface area contributed by atoms with Gasteiger partial charge in [0.2, 0.25) is 10.0 Å². The predicted molar refractivity (Wildman–Crippen MR) is 141 cm³/mol. The number of hydrogen-bond acceptors (Lipinski definition) is 6. The highest BCUT2D eigenvalue weighted by molar-refractivity contribution is 7.89. The van der Waals surface area contributed by atoms with Crippen LogP contribution in [0.4, 0.5) is 8.78 Å². The minimum absolute atomic E-state index is 0.0236. The highest BCUT2D eigenvalue weighted by Crippen LogP contribution is 2.23. The van der Waals surface area contributed by atoms with Gasteiger partial charge in [0.15, 0.2) is 10.6 Å². The zero-order valence-electron chi connectivity index (χ0n) is 21.6. The van der Waals surface area contributed by atoms with Gasteiger partial charge < -0.3 is 9.30 Å². The first-order chi connectivity index (χ1) is 18.1. The molecule has 1 heterocycles. The highest BCUT2D eigenvalue weighted by atomic mass is 32.2. The molecule has 0 radical (unpaired) electrons. The van der Waals surface area contributed by atoms with Crippen molar-refractivity contribution in [2.45, 2.75) is 57.9 Å². The average Bonchev–Trinajstić information content (AvgIpc) is 3.20. The van der Waals surface area contributed by atoms with E-state index in [0.717, 1.165) is 43.1 Å². The lowest BCUT2D eigenvalue weighted by molar-refractivity contribution is -0.143. The van der Waals surface area contributed by atoms with Crippen LogP contribution in [0.15, 0.2) is 46.3 Å². The van der Waals surface area contributed by atoms with Crippen molar-refractivity contribution in [2.24, 2.45) is 4.99 Å². The number of amides is 1. The number of unbranched alkanes of at least 4 members (excludes halogenated alkanes) is 2. The van der Waals surface area contributed by atoms with E-state index < -0.39 is 40.1 Å². The molecule has 206 valence electrons. The van der Waals surface area contributed by atoms with Crippen LogP contribution in [0.5, 0.6) is 0 Å². The molecular formula is C26H31F2N3O5S2. The highest BCUT2D eigenvalue weighted by Gasteiger charge is 2.24. The van der Waals surface area contributed by atoms with Crippen molar-refractivity contribution in [3.05, 3.63) is 58.4 Å². The molecule has 1 aromatic heterocycles. The zero-order valence-corrected chi connectivity index (χ0v) is 23.2. The molecule has 2 aromatic carbocycles. The number of sulfonamides is 1. The number of thiazole rings is 1. The maximum atomic E-state index is 14.6. The Morgan fingerprint density at radius 1 is 1.03 bits per heavy atom. The Labute approximate surface area is 224 Å². The second-order valence-corrected chi connectivity index (χ2v) is 11.5. The van der Waals surface area contributed by atoms with Gasteiger partial charge in [-0.25, -0.2) is 17.2 Å². The van der Waals surface area contributed by atoms with Gasteiger partial charge in [-0.05, 0) is 50.1 Å². The third kappa shape index (κ3) is 6.91. The number of aromatic nitrogens is 1. The number of carbonyl (C=O) groups excluding carboxylic acids is 2. The van der Waals surface area contributed by atoms with E-state index in [2.05, 4.69) is 4.99 Å². The van der Waals surface area contributed by atoms with Crippen molar-refractivity contribution >= 4 is 43.5 Å². The minimum Gasteiger partial charge on any atom is -0.465 e. The van der Waals surface area contributed by atoms with Crippen molar-refractivity contribution in [3.8, 4) is 0 Å². The molecule has 38 heavy (non-hydrogen) atoms. The number of ether oxygens (including phenoxy) is 1. The second-order valence-electron chi connectivity index (χ2n) is 8.56. The monoisotopic (exact) mass is 567 g/mol. The lowest BCUT2D eigenvalue weighted by Crippen LogP contribution is -2.33. The minimum atomic E-state index is -3.74. The summed E-state index contributed by atoms with van der Waals surface area (Å²) in [5.41, 5.74) is 0.0288. The van der Waals surface area contributed by atoms with Crippen LogP contribution in [-0.4, -0.2) is 48.9 Å². The van der Waals surface area contributed by atoms with E-state index in [0.29, 0.717) is 19.2 Å².